The van der Waals surface area contributed by atoms with Gasteiger partial charge in [0, 0.05) is 24.2 Å². The second kappa shape index (κ2) is 9.05. The van der Waals surface area contributed by atoms with Crippen LogP contribution in [0.15, 0.2) is 45.5 Å². The zero-order valence-electron chi connectivity index (χ0n) is 15.6. The molecule has 27 heavy (non-hydrogen) atoms. The lowest BCUT2D eigenvalue weighted by Crippen LogP contribution is -2.27. The first kappa shape index (κ1) is 21.7. The summed E-state index contributed by atoms with van der Waals surface area (Å²) in [5.74, 6) is 0.436. The maximum absolute atomic E-state index is 12.6. The van der Waals surface area contributed by atoms with E-state index in [0.29, 0.717) is 27.2 Å². The molecule has 0 aliphatic rings. The van der Waals surface area contributed by atoms with Crippen molar-refractivity contribution in [1.29, 1.82) is 0 Å². The molecule has 2 atom stereocenters. The Morgan fingerprint density at radius 2 is 2.04 bits per heavy atom. The maximum Gasteiger partial charge on any atom is 0.144 e. The van der Waals surface area contributed by atoms with Gasteiger partial charge in [-0.3, -0.25) is 0 Å². The van der Waals surface area contributed by atoms with Crippen LogP contribution in [0.3, 0.4) is 0 Å². The van der Waals surface area contributed by atoms with Crippen LogP contribution in [0.25, 0.3) is 0 Å². The molecule has 146 valence electrons. The number of ether oxygens (including phenoxy) is 1. The quantitative estimate of drug-likeness (QED) is 0.391. The lowest BCUT2D eigenvalue weighted by molar-refractivity contribution is 0.186. The van der Waals surface area contributed by atoms with Gasteiger partial charge in [0.05, 0.1) is 13.2 Å². The molecule has 0 spiro atoms. The summed E-state index contributed by atoms with van der Waals surface area (Å²) < 4.78 is 22.1. The fraction of sp³-hybridized carbons (Fsp3) is 0.368. The van der Waals surface area contributed by atoms with Crippen LogP contribution in [0.5, 0.6) is 11.5 Å². The smallest absolute Gasteiger partial charge is 0.144 e. The van der Waals surface area contributed by atoms with E-state index >= 15 is 0 Å². The van der Waals surface area contributed by atoms with E-state index in [2.05, 4.69) is 25.3 Å². The summed E-state index contributed by atoms with van der Waals surface area (Å²) in [6.07, 6.45) is 0.717. The molecular formula is C19H23BrN2O4S. The van der Waals surface area contributed by atoms with Gasteiger partial charge >= 0.3 is 0 Å². The van der Waals surface area contributed by atoms with Crippen molar-refractivity contribution in [3.63, 3.8) is 0 Å². The van der Waals surface area contributed by atoms with E-state index in [1.165, 1.54) is 13.2 Å². The molecule has 0 fully saturated rings. The van der Waals surface area contributed by atoms with Gasteiger partial charge in [0.2, 0.25) is 0 Å². The van der Waals surface area contributed by atoms with Crippen molar-refractivity contribution in [1.82, 2.24) is 4.98 Å². The first-order valence-electron chi connectivity index (χ1n) is 8.28. The molecule has 2 N–H and O–H groups in total. The Kier molecular flexibility index (Phi) is 7.27. The normalized spacial score (nSPS) is 14.7. The number of methoxy groups -OCH3 is 1. The number of aliphatic hydroxyl groups is 1. The van der Waals surface area contributed by atoms with Gasteiger partial charge in [0.15, 0.2) is 0 Å². The highest BCUT2D eigenvalue weighted by molar-refractivity contribution is 9.10. The van der Waals surface area contributed by atoms with E-state index in [4.69, 9.17) is 4.74 Å². The van der Waals surface area contributed by atoms with Crippen molar-refractivity contribution >= 4 is 33.0 Å². The second-order valence-corrected chi connectivity index (χ2v) is 9.63. The number of hydrogen-bond acceptors (Lipinski definition) is 6. The molecular weight excluding hydrogens is 432 g/mol. The molecule has 0 radical (unpaired) electrons. The molecule has 0 bridgehead atoms. The summed E-state index contributed by atoms with van der Waals surface area (Å²) in [6, 6.07) is 8.25. The lowest BCUT2D eigenvalue weighted by Gasteiger charge is -2.21. The van der Waals surface area contributed by atoms with E-state index in [-0.39, 0.29) is 12.2 Å². The zero-order chi connectivity index (χ0) is 20.2. The van der Waals surface area contributed by atoms with Gasteiger partial charge in [-0.1, -0.05) is 10.5 Å². The van der Waals surface area contributed by atoms with Gasteiger partial charge in [-0.15, -0.1) is 0 Å². The third-order valence-electron chi connectivity index (χ3n) is 3.75. The number of aromatic hydroxyl groups is 1. The van der Waals surface area contributed by atoms with Gasteiger partial charge in [0.25, 0.3) is 0 Å². The van der Waals surface area contributed by atoms with Gasteiger partial charge < -0.3 is 19.5 Å². The molecule has 2 aromatic rings. The minimum Gasteiger partial charge on any atom is -0.591 e. The number of phenols is 1. The summed E-state index contributed by atoms with van der Waals surface area (Å²) in [4.78, 5) is 4.11. The SMILES string of the molecule is COc1ccc(C(CC(O)c2ccc(Br)nc2)=N[S+]([O-])C(C)(C)C)c(O)c1. The van der Waals surface area contributed by atoms with Gasteiger partial charge in [-0.25, -0.2) is 4.98 Å². The van der Waals surface area contributed by atoms with E-state index < -0.39 is 22.2 Å². The predicted molar refractivity (Wildman–Crippen MR) is 111 cm³/mol. The largest absolute Gasteiger partial charge is 0.591 e. The topological polar surface area (TPSA) is 98.0 Å². The Morgan fingerprint density at radius 1 is 1.33 bits per heavy atom. The van der Waals surface area contributed by atoms with Crippen LogP contribution in [0, 0.1) is 0 Å². The summed E-state index contributed by atoms with van der Waals surface area (Å²) in [6.45, 7) is 5.44. The number of nitrogens with zero attached hydrogens (tertiary/aromatic N) is 2. The minimum atomic E-state index is -1.55. The lowest BCUT2D eigenvalue weighted by atomic mass is 10.00. The molecule has 6 nitrogen and oxygen atoms in total. The van der Waals surface area contributed by atoms with Crippen LogP contribution in [-0.4, -0.2) is 37.3 Å². The number of rotatable bonds is 6. The molecule has 2 rings (SSSR count). The van der Waals surface area contributed by atoms with E-state index in [1.54, 1.807) is 30.5 Å². The Bertz CT molecular complexity index is 806. The Morgan fingerprint density at radius 3 is 2.56 bits per heavy atom. The Labute approximate surface area is 170 Å². The number of aromatic nitrogens is 1. The number of aliphatic hydroxyl groups excluding tert-OH is 1. The van der Waals surface area contributed by atoms with E-state index in [1.807, 2.05) is 20.8 Å². The Hall–Kier alpha value is -1.61. The molecule has 0 saturated heterocycles. The molecule has 1 aromatic heterocycles. The van der Waals surface area contributed by atoms with Crippen molar-refractivity contribution in [2.45, 2.75) is 38.0 Å². The fourth-order valence-electron chi connectivity index (χ4n) is 2.20. The summed E-state index contributed by atoms with van der Waals surface area (Å²) in [5, 5.41) is 21.0. The molecule has 0 aliphatic carbocycles. The number of halogens is 1. The van der Waals surface area contributed by atoms with Crippen LogP contribution in [0.1, 0.15) is 44.4 Å². The maximum atomic E-state index is 12.6. The van der Waals surface area contributed by atoms with Gasteiger partial charge in [0.1, 0.15) is 37.9 Å². The van der Waals surface area contributed by atoms with Crippen LogP contribution < -0.4 is 4.74 Å². The van der Waals surface area contributed by atoms with Crippen LogP contribution in [0.2, 0.25) is 0 Å². The van der Waals surface area contributed by atoms with Crippen LogP contribution in [0.4, 0.5) is 0 Å². The Balaban J connectivity index is 2.41. The number of benzene rings is 1. The van der Waals surface area contributed by atoms with Gasteiger partial charge in [-0.05, 0) is 60.5 Å². The highest BCUT2D eigenvalue weighted by Gasteiger charge is 2.29. The van der Waals surface area contributed by atoms with Crippen molar-refractivity contribution < 1.29 is 19.5 Å². The summed E-state index contributed by atoms with van der Waals surface area (Å²) >= 11 is 1.71. The highest BCUT2D eigenvalue weighted by Crippen LogP contribution is 2.29. The minimum absolute atomic E-state index is 0.0554. The molecule has 0 aliphatic heterocycles. The number of pyridine rings is 1. The van der Waals surface area contributed by atoms with Crippen LogP contribution >= 0.6 is 15.9 Å². The molecule has 0 saturated carbocycles. The average Bonchev–Trinajstić information content (AvgIpc) is 2.60. The molecule has 0 amide bonds. The summed E-state index contributed by atoms with van der Waals surface area (Å²) in [5.41, 5.74) is 1.34. The predicted octanol–water partition coefficient (Wildman–Crippen LogP) is 3.93. The third kappa shape index (κ3) is 5.93. The first-order chi connectivity index (χ1) is 12.6. The molecule has 1 aromatic carbocycles. The van der Waals surface area contributed by atoms with Crippen molar-refractivity contribution in [2.75, 3.05) is 7.11 Å². The van der Waals surface area contributed by atoms with Crippen LogP contribution in [-0.2, 0) is 11.4 Å². The van der Waals surface area contributed by atoms with E-state index in [0.717, 1.165) is 0 Å². The fourth-order valence-corrected chi connectivity index (χ4v) is 3.08. The number of phenolic OH excluding ortho intramolecular Hbond substituents is 1. The standard InChI is InChI=1S/C19H23BrN2O4S/c1-19(2,3)27(25)22-15(14-7-6-13(26-4)9-17(14)24)10-16(23)12-5-8-18(20)21-11-12/h5-9,11,16,23-24H,10H2,1-4H3. The molecule has 2 unspecified atom stereocenters. The molecule has 8 heteroatoms. The van der Waals surface area contributed by atoms with Crippen molar-refractivity contribution in [3.05, 3.63) is 52.3 Å². The highest BCUT2D eigenvalue weighted by atomic mass is 79.9. The van der Waals surface area contributed by atoms with Crippen molar-refractivity contribution in [2.24, 2.45) is 4.40 Å². The zero-order valence-corrected chi connectivity index (χ0v) is 18.0. The van der Waals surface area contributed by atoms with Gasteiger partial charge in [-0.2, -0.15) is 0 Å². The summed E-state index contributed by atoms with van der Waals surface area (Å²) in [7, 11) is 1.50. The second-order valence-electron chi connectivity index (χ2n) is 6.92. The number of hydrogen-bond donors (Lipinski definition) is 2. The van der Waals surface area contributed by atoms with E-state index in [9.17, 15) is 14.8 Å². The monoisotopic (exact) mass is 454 g/mol. The van der Waals surface area contributed by atoms with Crippen molar-refractivity contribution in [3.8, 4) is 11.5 Å². The third-order valence-corrected chi connectivity index (χ3v) is 5.66. The average molecular weight is 455 g/mol. The first-order valence-corrected chi connectivity index (χ1v) is 10.2. The molecule has 1 heterocycles.